The van der Waals surface area contributed by atoms with E-state index in [1.807, 2.05) is 48.6 Å². The molecular formula is C28H25N3O4. The molecule has 2 N–H and O–H groups in total. The number of nitrogens with zero attached hydrogens (tertiary/aromatic N) is 1. The molecule has 0 spiro atoms. The van der Waals surface area contributed by atoms with E-state index >= 15 is 0 Å². The van der Waals surface area contributed by atoms with Crippen molar-refractivity contribution in [3.05, 3.63) is 107 Å². The van der Waals surface area contributed by atoms with Crippen LogP contribution in [0.3, 0.4) is 0 Å². The van der Waals surface area contributed by atoms with Gasteiger partial charge in [-0.2, -0.15) is 0 Å². The number of benzene rings is 2. The monoisotopic (exact) mass is 467 g/mol. The highest BCUT2D eigenvalue weighted by Gasteiger charge is 2.25. The maximum Gasteiger partial charge on any atom is 0.259 e. The maximum absolute atomic E-state index is 12.8. The lowest BCUT2D eigenvalue weighted by molar-refractivity contribution is -0.112. The molecule has 0 radical (unpaired) electrons. The number of hydrogen-bond donors (Lipinski definition) is 2. The van der Waals surface area contributed by atoms with Crippen LogP contribution in [0.1, 0.15) is 40.0 Å². The molecule has 0 saturated heterocycles. The third kappa shape index (κ3) is 5.09. The van der Waals surface area contributed by atoms with E-state index in [0.717, 1.165) is 35.4 Å². The second-order valence-corrected chi connectivity index (χ2v) is 8.40. The van der Waals surface area contributed by atoms with Gasteiger partial charge in [0.15, 0.2) is 5.75 Å². The number of aromatic nitrogens is 1. The molecule has 1 aromatic heterocycles. The molecule has 2 aromatic carbocycles. The molecule has 2 aliphatic rings. The van der Waals surface area contributed by atoms with Gasteiger partial charge in [0.05, 0.1) is 18.4 Å². The summed E-state index contributed by atoms with van der Waals surface area (Å²) in [6.07, 6.45) is 7.92. The molecule has 7 nitrogen and oxygen atoms in total. The Kier molecular flexibility index (Phi) is 6.30. The summed E-state index contributed by atoms with van der Waals surface area (Å²) in [4.78, 5) is 29.8. The van der Waals surface area contributed by atoms with Gasteiger partial charge >= 0.3 is 0 Å². The molecule has 2 heterocycles. The van der Waals surface area contributed by atoms with Crippen LogP contribution >= 0.6 is 0 Å². The van der Waals surface area contributed by atoms with Gasteiger partial charge in [0, 0.05) is 30.4 Å². The molecule has 3 aromatic rings. The number of carbonyl (C=O) groups excluding carboxylic acids is 2. The van der Waals surface area contributed by atoms with Crippen molar-refractivity contribution in [3.8, 4) is 11.5 Å². The number of carbonyl (C=O) groups is 2. The fourth-order valence-corrected chi connectivity index (χ4v) is 4.02. The zero-order valence-electron chi connectivity index (χ0n) is 19.3. The highest BCUT2D eigenvalue weighted by Crippen LogP contribution is 2.34. The minimum atomic E-state index is -0.246. The van der Waals surface area contributed by atoms with E-state index < -0.39 is 0 Å². The first-order chi connectivity index (χ1) is 17.1. The molecular weight excluding hydrogens is 442 g/mol. The lowest BCUT2D eigenvalue weighted by atomic mass is 10.0. The van der Waals surface area contributed by atoms with E-state index in [4.69, 9.17) is 9.47 Å². The summed E-state index contributed by atoms with van der Waals surface area (Å²) in [5.74, 6) is 1.43. The van der Waals surface area contributed by atoms with Crippen molar-refractivity contribution in [2.24, 2.45) is 0 Å². The molecule has 0 bridgehead atoms. The van der Waals surface area contributed by atoms with E-state index in [1.54, 1.807) is 31.5 Å². The summed E-state index contributed by atoms with van der Waals surface area (Å²) in [6.45, 7) is 0.342. The molecule has 0 fully saturated rings. The highest BCUT2D eigenvalue weighted by atomic mass is 16.5. The van der Waals surface area contributed by atoms with Crippen molar-refractivity contribution < 1.29 is 19.1 Å². The maximum atomic E-state index is 12.8. The first-order valence-corrected chi connectivity index (χ1v) is 11.5. The molecule has 5 rings (SSSR count). The van der Waals surface area contributed by atoms with Gasteiger partial charge in [-0.25, -0.2) is 0 Å². The van der Waals surface area contributed by atoms with Gasteiger partial charge in [-0.15, -0.1) is 0 Å². The molecule has 0 atom stereocenters. The second kappa shape index (κ2) is 9.85. The molecule has 1 aliphatic heterocycles. The smallest absolute Gasteiger partial charge is 0.259 e. The second-order valence-electron chi connectivity index (χ2n) is 8.40. The molecule has 2 amide bonds. The summed E-state index contributed by atoms with van der Waals surface area (Å²) in [6, 6.07) is 16.9. The van der Waals surface area contributed by atoms with E-state index in [0.29, 0.717) is 41.3 Å². The standard InChI is InChI=1S/C28H25N3O4/c1-34-22-11-7-18(8-12-22)14-21-10-6-19(16-29-21)17-30-27(32)20-9-13-26-24(15-20)31-28(33)23-4-2-3-5-25(23)35-26/h4-13,15-16H,2-3,14,17H2,1H3,(H,30,32)(H,31,33). The van der Waals surface area contributed by atoms with Crippen LogP contribution in [0.2, 0.25) is 0 Å². The van der Waals surface area contributed by atoms with Crippen molar-refractivity contribution in [2.45, 2.75) is 25.8 Å². The summed E-state index contributed by atoms with van der Waals surface area (Å²) < 4.78 is 11.1. The minimum absolute atomic E-state index is 0.229. The van der Waals surface area contributed by atoms with E-state index in [-0.39, 0.29) is 11.8 Å². The summed E-state index contributed by atoms with van der Waals surface area (Å²) in [7, 11) is 1.65. The minimum Gasteiger partial charge on any atom is -0.497 e. The van der Waals surface area contributed by atoms with Crippen LogP contribution in [-0.2, 0) is 17.8 Å². The van der Waals surface area contributed by atoms with Crippen molar-refractivity contribution in [2.75, 3.05) is 12.4 Å². The third-order valence-corrected chi connectivity index (χ3v) is 5.95. The van der Waals surface area contributed by atoms with Crippen LogP contribution in [0.4, 0.5) is 5.69 Å². The normalized spacial score (nSPS) is 14.3. The van der Waals surface area contributed by atoms with Crippen molar-refractivity contribution in [1.29, 1.82) is 0 Å². The number of hydrogen-bond acceptors (Lipinski definition) is 5. The van der Waals surface area contributed by atoms with Gasteiger partial charge < -0.3 is 20.1 Å². The quantitative estimate of drug-likeness (QED) is 0.555. The zero-order valence-corrected chi connectivity index (χ0v) is 19.3. The average molecular weight is 468 g/mol. The number of pyridine rings is 1. The van der Waals surface area contributed by atoms with E-state index in [2.05, 4.69) is 15.6 Å². The van der Waals surface area contributed by atoms with Gasteiger partial charge in [0.2, 0.25) is 0 Å². The topological polar surface area (TPSA) is 89.6 Å². The van der Waals surface area contributed by atoms with Crippen LogP contribution in [0.25, 0.3) is 0 Å². The van der Waals surface area contributed by atoms with Crippen LogP contribution in [-0.4, -0.2) is 23.9 Å². The predicted octanol–water partition coefficient (Wildman–Crippen LogP) is 4.55. The Hall–Kier alpha value is -4.39. The first-order valence-electron chi connectivity index (χ1n) is 11.5. The van der Waals surface area contributed by atoms with Gasteiger partial charge in [-0.3, -0.25) is 14.6 Å². The number of allylic oxidation sites excluding steroid dienone is 2. The first kappa shape index (κ1) is 22.4. The van der Waals surface area contributed by atoms with Crippen LogP contribution in [0.5, 0.6) is 11.5 Å². The Morgan fingerprint density at radius 2 is 1.86 bits per heavy atom. The Morgan fingerprint density at radius 1 is 1.06 bits per heavy atom. The van der Waals surface area contributed by atoms with Crippen LogP contribution in [0, 0.1) is 0 Å². The largest absolute Gasteiger partial charge is 0.497 e. The van der Waals surface area contributed by atoms with Crippen molar-refractivity contribution in [3.63, 3.8) is 0 Å². The van der Waals surface area contributed by atoms with E-state index in [9.17, 15) is 9.59 Å². The Bertz CT molecular complexity index is 1330. The highest BCUT2D eigenvalue weighted by molar-refractivity contribution is 6.09. The molecule has 0 saturated carbocycles. The van der Waals surface area contributed by atoms with Crippen LogP contribution in [0.15, 0.2) is 84.3 Å². The molecule has 1 aliphatic carbocycles. The fraction of sp³-hybridized carbons (Fsp3) is 0.179. The SMILES string of the molecule is COc1ccc(Cc2ccc(CNC(=O)c3ccc4c(c3)NC(=O)C3=CCCC=C3O4)cn2)cc1. The third-order valence-electron chi connectivity index (χ3n) is 5.95. The summed E-state index contributed by atoms with van der Waals surface area (Å²) in [5, 5.41) is 5.76. The van der Waals surface area contributed by atoms with Gasteiger partial charge in [-0.05, 0) is 66.4 Å². The van der Waals surface area contributed by atoms with Crippen LogP contribution < -0.4 is 20.1 Å². The number of nitrogens with one attached hydrogen (secondary N) is 2. The van der Waals surface area contributed by atoms with Crippen molar-refractivity contribution >= 4 is 17.5 Å². The summed E-state index contributed by atoms with van der Waals surface area (Å²) in [5.41, 5.74) is 4.42. The van der Waals surface area contributed by atoms with E-state index in [1.165, 1.54) is 0 Å². The van der Waals surface area contributed by atoms with Gasteiger partial charge in [-0.1, -0.05) is 24.3 Å². The number of amides is 2. The molecule has 0 unspecified atom stereocenters. The lowest BCUT2D eigenvalue weighted by Crippen LogP contribution is -2.23. The lowest BCUT2D eigenvalue weighted by Gasteiger charge is -2.12. The van der Waals surface area contributed by atoms with Crippen molar-refractivity contribution in [1.82, 2.24) is 10.3 Å². The number of methoxy groups -OCH3 is 1. The summed E-state index contributed by atoms with van der Waals surface area (Å²) >= 11 is 0. The molecule has 176 valence electrons. The van der Waals surface area contributed by atoms with Gasteiger partial charge in [0.25, 0.3) is 11.8 Å². The zero-order chi connectivity index (χ0) is 24.2. The van der Waals surface area contributed by atoms with Gasteiger partial charge in [0.1, 0.15) is 11.5 Å². The number of fused-ring (bicyclic) bond motifs is 2. The number of rotatable bonds is 6. The Balaban J connectivity index is 1.21. The average Bonchev–Trinajstić information content (AvgIpc) is 3.03. The Morgan fingerprint density at radius 3 is 2.63 bits per heavy atom. The number of anilines is 1. The predicted molar refractivity (Wildman–Crippen MR) is 132 cm³/mol. The Labute approximate surface area is 203 Å². The fourth-order valence-electron chi connectivity index (χ4n) is 4.02. The molecule has 7 heteroatoms. The molecule has 35 heavy (non-hydrogen) atoms. The number of ether oxygens (including phenoxy) is 2.